The van der Waals surface area contributed by atoms with E-state index in [0.717, 1.165) is 4.47 Å². The number of nitrogens with two attached hydrogens (primary N) is 1. The summed E-state index contributed by atoms with van der Waals surface area (Å²) < 4.78 is 11.7. The summed E-state index contributed by atoms with van der Waals surface area (Å²) in [4.78, 5) is 21.8. The molecular weight excluding hydrogens is 400 g/mol. The highest BCUT2D eigenvalue weighted by molar-refractivity contribution is 9.10. The lowest BCUT2D eigenvalue weighted by Gasteiger charge is -2.14. The number of fused-ring (bicyclic) bond motifs is 1. The van der Waals surface area contributed by atoms with E-state index in [1.807, 2.05) is 0 Å². The van der Waals surface area contributed by atoms with Crippen molar-refractivity contribution in [2.24, 2.45) is 0 Å². The summed E-state index contributed by atoms with van der Waals surface area (Å²) in [7, 11) is 0. The van der Waals surface area contributed by atoms with E-state index in [2.05, 4.69) is 25.9 Å². The molecule has 2 aromatic rings. The zero-order valence-corrected chi connectivity index (χ0v) is 15.1. The van der Waals surface area contributed by atoms with Crippen molar-refractivity contribution >= 4 is 39.6 Å². The molecule has 1 aliphatic rings. The molecule has 0 radical (unpaired) electrons. The summed E-state index contributed by atoms with van der Waals surface area (Å²) in [6, 6.07) is 5.23. The van der Waals surface area contributed by atoms with Gasteiger partial charge in [0.2, 0.25) is 11.8 Å². The summed E-state index contributed by atoms with van der Waals surface area (Å²) in [6.45, 7) is 2.64. The Morgan fingerprint density at radius 2 is 2.21 bits per heavy atom. The predicted octanol–water partition coefficient (Wildman–Crippen LogP) is 3.74. The van der Waals surface area contributed by atoms with Gasteiger partial charge in [-0.1, -0.05) is 27.5 Å². The van der Waals surface area contributed by atoms with Crippen LogP contribution in [0, 0.1) is 0 Å². The van der Waals surface area contributed by atoms with Gasteiger partial charge in [-0.05, 0) is 25.1 Å². The number of nitrogens with zero attached hydrogens (tertiary/aromatic N) is 3. The van der Waals surface area contributed by atoms with Crippen LogP contribution >= 0.6 is 27.5 Å². The Morgan fingerprint density at radius 3 is 2.92 bits per heavy atom. The van der Waals surface area contributed by atoms with Crippen LogP contribution < -0.4 is 10.5 Å². The van der Waals surface area contributed by atoms with Gasteiger partial charge in [-0.2, -0.15) is 4.98 Å². The Bertz CT molecular complexity index is 803. The maximum Gasteiger partial charge on any atom is 0.410 e. The maximum atomic E-state index is 11.9. The molecule has 1 aromatic heterocycles. The number of halogens is 2. The summed E-state index contributed by atoms with van der Waals surface area (Å²) in [6.07, 6.45) is -0.415. The van der Waals surface area contributed by atoms with E-state index in [9.17, 15) is 4.79 Å². The standard InChI is InChI=1S/C15H14BrClN4O3/c1-2-23-15(22)21-6-9-11(7-21)19-14(18)20-13(9)24-12-4-3-8(16)5-10(12)17/h3-5H,2,6-7H2,1H3,(H2,18,19,20). The smallest absolute Gasteiger partial charge is 0.410 e. The highest BCUT2D eigenvalue weighted by atomic mass is 79.9. The summed E-state index contributed by atoms with van der Waals surface area (Å²) in [5.74, 6) is 0.797. The lowest BCUT2D eigenvalue weighted by Crippen LogP contribution is -2.26. The highest BCUT2D eigenvalue weighted by Crippen LogP contribution is 2.36. The van der Waals surface area contributed by atoms with Crippen LogP contribution in [0.3, 0.4) is 0 Å². The van der Waals surface area contributed by atoms with Gasteiger partial charge in [0.15, 0.2) is 0 Å². The van der Waals surface area contributed by atoms with E-state index >= 15 is 0 Å². The number of hydrogen-bond acceptors (Lipinski definition) is 6. The number of aromatic nitrogens is 2. The van der Waals surface area contributed by atoms with E-state index < -0.39 is 6.09 Å². The number of nitrogen functional groups attached to an aromatic ring is 1. The molecule has 3 rings (SSSR count). The molecule has 1 amide bonds. The van der Waals surface area contributed by atoms with E-state index in [1.165, 1.54) is 4.90 Å². The van der Waals surface area contributed by atoms with E-state index in [1.54, 1.807) is 25.1 Å². The molecule has 0 aliphatic carbocycles. The molecule has 2 heterocycles. The largest absolute Gasteiger partial charge is 0.450 e. The van der Waals surface area contributed by atoms with E-state index in [4.69, 9.17) is 26.8 Å². The van der Waals surface area contributed by atoms with Gasteiger partial charge in [-0.15, -0.1) is 0 Å². The Morgan fingerprint density at radius 1 is 1.42 bits per heavy atom. The molecule has 24 heavy (non-hydrogen) atoms. The van der Waals surface area contributed by atoms with Gasteiger partial charge in [-0.3, -0.25) is 4.90 Å². The molecule has 0 atom stereocenters. The minimum atomic E-state index is -0.415. The molecule has 7 nitrogen and oxygen atoms in total. The van der Waals surface area contributed by atoms with Gasteiger partial charge in [0.05, 0.1) is 36.0 Å². The molecule has 126 valence electrons. The van der Waals surface area contributed by atoms with Gasteiger partial charge >= 0.3 is 6.09 Å². The molecule has 9 heteroatoms. The van der Waals surface area contributed by atoms with Gasteiger partial charge in [0.1, 0.15) is 5.75 Å². The fourth-order valence-corrected chi connectivity index (χ4v) is 3.05. The zero-order chi connectivity index (χ0) is 17.3. The van der Waals surface area contributed by atoms with Crippen LogP contribution in [0.5, 0.6) is 11.6 Å². The normalized spacial score (nSPS) is 12.9. The van der Waals surface area contributed by atoms with Crippen LogP contribution in [0.25, 0.3) is 0 Å². The summed E-state index contributed by atoms with van der Waals surface area (Å²) >= 11 is 9.51. The van der Waals surface area contributed by atoms with Gasteiger partial charge in [0.25, 0.3) is 0 Å². The molecular formula is C15H14BrClN4O3. The van der Waals surface area contributed by atoms with Crippen LogP contribution in [-0.4, -0.2) is 27.6 Å². The lowest BCUT2D eigenvalue weighted by atomic mass is 10.2. The molecule has 0 saturated carbocycles. The summed E-state index contributed by atoms with van der Waals surface area (Å²) in [5.41, 5.74) is 7.08. The second kappa shape index (κ2) is 6.82. The molecule has 1 aliphatic heterocycles. The van der Waals surface area contributed by atoms with Crippen LogP contribution in [0.2, 0.25) is 5.02 Å². The molecule has 0 bridgehead atoms. The van der Waals surface area contributed by atoms with Crippen molar-refractivity contribution in [2.45, 2.75) is 20.0 Å². The van der Waals surface area contributed by atoms with Crippen molar-refractivity contribution in [1.29, 1.82) is 0 Å². The molecule has 0 spiro atoms. The number of carbonyl (C=O) groups excluding carboxylic acids is 1. The zero-order valence-electron chi connectivity index (χ0n) is 12.8. The third-order valence-corrected chi connectivity index (χ3v) is 4.18. The van der Waals surface area contributed by atoms with Crippen molar-refractivity contribution in [3.63, 3.8) is 0 Å². The molecule has 1 aromatic carbocycles. The van der Waals surface area contributed by atoms with Gasteiger partial charge in [-0.25, -0.2) is 9.78 Å². The first kappa shape index (κ1) is 16.8. The maximum absolute atomic E-state index is 11.9. The van der Waals surface area contributed by atoms with E-state index in [-0.39, 0.29) is 18.4 Å². The van der Waals surface area contributed by atoms with Crippen molar-refractivity contribution in [3.8, 4) is 11.6 Å². The molecule has 0 unspecified atom stereocenters. The van der Waals surface area contributed by atoms with E-state index in [0.29, 0.717) is 35.2 Å². The quantitative estimate of drug-likeness (QED) is 0.824. The average Bonchev–Trinajstić information content (AvgIpc) is 2.94. The Hall–Kier alpha value is -2.06. The third-order valence-electron chi connectivity index (χ3n) is 3.39. The highest BCUT2D eigenvalue weighted by Gasteiger charge is 2.30. The number of hydrogen-bond donors (Lipinski definition) is 1. The van der Waals surface area contributed by atoms with Crippen molar-refractivity contribution in [1.82, 2.24) is 14.9 Å². The van der Waals surface area contributed by atoms with Crippen LogP contribution in [0.1, 0.15) is 18.2 Å². The lowest BCUT2D eigenvalue weighted by molar-refractivity contribution is 0.106. The topological polar surface area (TPSA) is 90.6 Å². The predicted molar refractivity (Wildman–Crippen MR) is 91.9 cm³/mol. The second-order valence-electron chi connectivity index (χ2n) is 5.04. The van der Waals surface area contributed by atoms with Crippen LogP contribution in [0.15, 0.2) is 22.7 Å². The van der Waals surface area contributed by atoms with Gasteiger partial charge < -0.3 is 15.2 Å². The minimum Gasteiger partial charge on any atom is -0.450 e. The Balaban J connectivity index is 1.90. The number of ether oxygens (including phenoxy) is 2. The number of amides is 1. The van der Waals surface area contributed by atoms with Crippen LogP contribution in [0.4, 0.5) is 10.7 Å². The fourth-order valence-electron chi connectivity index (χ4n) is 2.33. The van der Waals surface area contributed by atoms with Crippen molar-refractivity contribution in [3.05, 3.63) is 39.0 Å². The van der Waals surface area contributed by atoms with Gasteiger partial charge in [0, 0.05) is 4.47 Å². The molecule has 2 N–H and O–H groups in total. The number of carbonyl (C=O) groups is 1. The Kier molecular flexibility index (Phi) is 4.77. The van der Waals surface area contributed by atoms with Crippen LogP contribution in [-0.2, 0) is 17.8 Å². The first-order valence-corrected chi connectivity index (χ1v) is 8.35. The minimum absolute atomic E-state index is 0.0719. The number of benzene rings is 1. The van der Waals surface area contributed by atoms with Crippen molar-refractivity contribution in [2.75, 3.05) is 12.3 Å². The fraction of sp³-hybridized carbons (Fsp3) is 0.267. The third kappa shape index (κ3) is 3.39. The molecule has 0 fully saturated rings. The SMILES string of the molecule is CCOC(=O)N1Cc2nc(N)nc(Oc3ccc(Br)cc3Cl)c2C1. The molecule has 0 saturated heterocycles. The average molecular weight is 414 g/mol. The second-order valence-corrected chi connectivity index (χ2v) is 6.37. The van der Waals surface area contributed by atoms with Crippen molar-refractivity contribution < 1.29 is 14.3 Å². The monoisotopic (exact) mass is 412 g/mol. The Labute approximate surface area is 151 Å². The summed E-state index contributed by atoms with van der Waals surface area (Å²) in [5, 5.41) is 0.426. The first-order chi connectivity index (χ1) is 11.5. The number of rotatable bonds is 3. The first-order valence-electron chi connectivity index (χ1n) is 7.17. The number of anilines is 1.